The largest absolute Gasteiger partial charge is 0.476 e. The minimum Gasteiger partial charge on any atom is -0.476 e. The summed E-state index contributed by atoms with van der Waals surface area (Å²) in [5.74, 6) is -0.0307. The van der Waals surface area contributed by atoms with E-state index in [9.17, 15) is 4.79 Å². The Morgan fingerprint density at radius 2 is 2.29 bits per heavy atom. The molecule has 1 aliphatic rings. The number of imidazole rings is 1. The molecule has 2 heterocycles. The maximum Gasteiger partial charge on any atom is 0.356 e. The first-order valence-electron chi connectivity index (χ1n) is 6.19. The topological polar surface area (TPSA) is 58.4 Å². The van der Waals surface area contributed by atoms with Crippen LogP contribution in [0.3, 0.4) is 0 Å². The van der Waals surface area contributed by atoms with E-state index in [0.717, 1.165) is 38.3 Å². The maximum absolute atomic E-state index is 10.9. The van der Waals surface area contributed by atoms with Crippen molar-refractivity contribution >= 4 is 5.97 Å². The third kappa shape index (κ3) is 2.34. The van der Waals surface area contributed by atoms with Gasteiger partial charge in [0.2, 0.25) is 0 Å². The van der Waals surface area contributed by atoms with Crippen LogP contribution in [0.25, 0.3) is 0 Å². The quantitative estimate of drug-likeness (QED) is 0.856. The minimum absolute atomic E-state index is 0.167. The Balaban J connectivity index is 2.15. The lowest BCUT2D eigenvalue weighted by atomic mass is 10.0. The summed E-state index contributed by atoms with van der Waals surface area (Å²) < 4.78 is 1.98. The molecule has 1 unspecified atom stereocenters. The fourth-order valence-corrected chi connectivity index (χ4v) is 2.57. The van der Waals surface area contributed by atoms with E-state index in [0.29, 0.717) is 6.04 Å². The van der Waals surface area contributed by atoms with Crippen LogP contribution in [-0.2, 0) is 13.0 Å². The van der Waals surface area contributed by atoms with Gasteiger partial charge in [0.25, 0.3) is 0 Å². The average Bonchev–Trinajstić information content (AvgIpc) is 2.74. The standard InChI is InChI=1S/C12H19N3O2/c1-3-14(4-2)9-5-6-15-8-10(12(16)17)13-11(15)7-9/h8-9H,3-7H2,1-2H3,(H,16,17). The summed E-state index contributed by atoms with van der Waals surface area (Å²) >= 11 is 0. The first kappa shape index (κ1) is 12.1. The van der Waals surface area contributed by atoms with Gasteiger partial charge in [0.15, 0.2) is 5.69 Å². The fourth-order valence-electron chi connectivity index (χ4n) is 2.57. The third-order valence-corrected chi connectivity index (χ3v) is 3.53. The monoisotopic (exact) mass is 237 g/mol. The number of aryl methyl sites for hydroxylation is 1. The molecule has 1 aromatic heterocycles. The Morgan fingerprint density at radius 3 is 2.88 bits per heavy atom. The molecule has 94 valence electrons. The Kier molecular flexibility index (Phi) is 3.47. The molecule has 5 heteroatoms. The summed E-state index contributed by atoms with van der Waals surface area (Å²) in [5.41, 5.74) is 0.167. The lowest BCUT2D eigenvalue weighted by Gasteiger charge is -2.32. The van der Waals surface area contributed by atoms with E-state index < -0.39 is 5.97 Å². The lowest BCUT2D eigenvalue weighted by molar-refractivity contribution is 0.0691. The van der Waals surface area contributed by atoms with Gasteiger partial charge in [-0.25, -0.2) is 9.78 Å². The van der Waals surface area contributed by atoms with E-state index in [2.05, 4.69) is 23.7 Å². The van der Waals surface area contributed by atoms with Gasteiger partial charge in [0, 0.05) is 25.2 Å². The van der Waals surface area contributed by atoms with E-state index >= 15 is 0 Å². The highest BCUT2D eigenvalue weighted by Gasteiger charge is 2.25. The molecule has 0 bridgehead atoms. The third-order valence-electron chi connectivity index (χ3n) is 3.53. The van der Waals surface area contributed by atoms with Crippen LogP contribution in [0.2, 0.25) is 0 Å². The van der Waals surface area contributed by atoms with Gasteiger partial charge >= 0.3 is 5.97 Å². The molecule has 0 saturated carbocycles. The van der Waals surface area contributed by atoms with Crippen molar-refractivity contribution in [1.29, 1.82) is 0 Å². The molecule has 0 saturated heterocycles. The first-order valence-corrected chi connectivity index (χ1v) is 6.19. The molecule has 17 heavy (non-hydrogen) atoms. The Morgan fingerprint density at radius 1 is 1.59 bits per heavy atom. The predicted molar refractivity (Wildman–Crippen MR) is 64.2 cm³/mol. The van der Waals surface area contributed by atoms with Crippen molar-refractivity contribution in [2.75, 3.05) is 13.1 Å². The van der Waals surface area contributed by atoms with E-state index in [1.165, 1.54) is 0 Å². The molecule has 0 spiro atoms. The molecule has 2 rings (SSSR count). The molecule has 1 aromatic rings. The zero-order chi connectivity index (χ0) is 12.4. The molecular formula is C12H19N3O2. The first-order chi connectivity index (χ1) is 8.15. The number of nitrogens with zero attached hydrogens (tertiary/aromatic N) is 3. The van der Waals surface area contributed by atoms with Crippen LogP contribution in [0, 0.1) is 0 Å². The van der Waals surface area contributed by atoms with Crippen LogP contribution in [0.1, 0.15) is 36.6 Å². The van der Waals surface area contributed by atoms with Crippen molar-refractivity contribution < 1.29 is 9.90 Å². The number of likely N-dealkylation sites (N-methyl/N-ethyl adjacent to an activating group) is 1. The second-order valence-electron chi connectivity index (χ2n) is 4.41. The number of hydrogen-bond acceptors (Lipinski definition) is 3. The normalized spacial score (nSPS) is 19.4. The van der Waals surface area contributed by atoms with Gasteiger partial charge in [-0.2, -0.15) is 0 Å². The van der Waals surface area contributed by atoms with Crippen LogP contribution in [0.4, 0.5) is 0 Å². The number of carboxylic acids is 1. The summed E-state index contributed by atoms with van der Waals surface area (Å²) in [6, 6.07) is 0.501. The highest BCUT2D eigenvalue weighted by molar-refractivity contribution is 5.85. The Hall–Kier alpha value is -1.36. The van der Waals surface area contributed by atoms with Crippen LogP contribution < -0.4 is 0 Å². The van der Waals surface area contributed by atoms with E-state index in [-0.39, 0.29) is 5.69 Å². The minimum atomic E-state index is -0.939. The van der Waals surface area contributed by atoms with Gasteiger partial charge in [-0.15, -0.1) is 0 Å². The molecule has 0 fully saturated rings. The van der Waals surface area contributed by atoms with Crippen LogP contribution in [0.5, 0.6) is 0 Å². The molecule has 0 aromatic carbocycles. The number of aromatic carboxylic acids is 1. The van der Waals surface area contributed by atoms with Crippen molar-refractivity contribution in [2.45, 2.75) is 39.3 Å². The zero-order valence-electron chi connectivity index (χ0n) is 10.4. The van der Waals surface area contributed by atoms with Crippen molar-refractivity contribution in [2.24, 2.45) is 0 Å². The Labute approximate surface area is 101 Å². The van der Waals surface area contributed by atoms with Gasteiger partial charge in [0.05, 0.1) is 0 Å². The lowest BCUT2D eigenvalue weighted by Crippen LogP contribution is -2.40. The maximum atomic E-state index is 10.9. The number of carbonyl (C=O) groups is 1. The van der Waals surface area contributed by atoms with Crippen LogP contribution in [-0.4, -0.2) is 44.7 Å². The fraction of sp³-hybridized carbons (Fsp3) is 0.667. The number of rotatable bonds is 4. The number of aromatic nitrogens is 2. The summed E-state index contributed by atoms with van der Waals surface area (Å²) in [7, 11) is 0. The summed E-state index contributed by atoms with van der Waals surface area (Å²) in [4.78, 5) is 17.5. The van der Waals surface area contributed by atoms with Crippen LogP contribution in [0.15, 0.2) is 6.20 Å². The van der Waals surface area contributed by atoms with Gasteiger partial charge in [-0.3, -0.25) is 0 Å². The van der Waals surface area contributed by atoms with E-state index in [4.69, 9.17) is 5.11 Å². The molecule has 1 N–H and O–H groups in total. The summed E-state index contributed by atoms with van der Waals surface area (Å²) in [6.07, 6.45) is 3.58. The predicted octanol–water partition coefficient (Wildman–Crippen LogP) is 1.24. The molecule has 0 amide bonds. The summed E-state index contributed by atoms with van der Waals surface area (Å²) in [5, 5.41) is 8.92. The van der Waals surface area contributed by atoms with Crippen LogP contribution >= 0.6 is 0 Å². The highest BCUT2D eigenvalue weighted by Crippen LogP contribution is 2.19. The average molecular weight is 237 g/mol. The molecule has 0 radical (unpaired) electrons. The second kappa shape index (κ2) is 4.87. The Bertz CT molecular complexity index is 410. The van der Waals surface area contributed by atoms with E-state index in [1.807, 2.05) is 4.57 Å². The smallest absolute Gasteiger partial charge is 0.356 e. The van der Waals surface area contributed by atoms with Crippen molar-refractivity contribution in [3.8, 4) is 0 Å². The van der Waals surface area contributed by atoms with Gasteiger partial charge in [-0.05, 0) is 19.5 Å². The number of carboxylic acid groups (broad SMARTS) is 1. The van der Waals surface area contributed by atoms with Gasteiger partial charge in [0.1, 0.15) is 5.82 Å². The highest BCUT2D eigenvalue weighted by atomic mass is 16.4. The van der Waals surface area contributed by atoms with Crippen molar-refractivity contribution in [1.82, 2.24) is 14.5 Å². The van der Waals surface area contributed by atoms with Gasteiger partial charge < -0.3 is 14.6 Å². The molecule has 0 aliphatic carbocycles. The zero-order valence-corrected chi connectivity index (χ0v) is 10.4. The summed E-state index contributed by atoms with van der Waals surface area (Å²) in [6.45, 7) is 7.26. The molecule has 1 aliphatic heterocycles. The molecule has 5 nitrogen and oxygen atoms in total. The number of fused-ring (bicyclic) bond motifs is 1. The van der Waals surface area contributed by atoms with Crippen molar-refractivity contribution in [3.05, 3.63) is 17.7 Å². The van der Waals surface area contributed by atoms with E-state index in [1.54, 1.807) is 6.20 Å². The molecule has 1 atom stereocenters. The SMILES string of the molecule is CCN(CC)C1CCn2cc(C(=O)O)nc2C1. The van der Waals surface area contributed by atoms with Gasteiger partial charge in [-0.1, -0.05) is 13.8 Å². The molecular weight excluding hydrogens is 218 g/mol. The number of hydrogen-bond donors (Lipinski definition) is 1. The second-order valence-corrected chi connectivity index (χ2v) is 4.41. The van der Waals surface area contributed by atoms with Crippen molar-refractivity contribution in [3.63, 3.8) is 0 Å².